The molecule has 2 aromatic carbocycles. The Kier molecular flexibility index (Phi) is 7.19. The van der Waals surface area contributed by atoms with Crippen LogP contribution in [0.3, 0.4) is 0 Å². The van der Waals surface area contributed by atoms with E-state index in [1.165, 1.54) is 0 Å². The molecule has 0 fully saturated rings. The summed E-state index contributed by atoms with van der Waals surface area (Å²) in [6.07, 6.45) is 2.40. The topological polar surface area (TPSA) is 83.4 Å². The highest BCUT2D eigenvalue weighted by Gasteiger charge is 2.36. The zero-order valence-electron chi connectivity index (χ0n) is 18.5. The molecule has 0 aliphatic carbocycles. The zero-order valence-corrected chi connectivity index (χ0v) is 18.5. The Balaban J connectivity index is 1.59. The van der Waals surface area contributed by atoms with Gasteiger partial charge in [0, 0.05) is 0 Å². The minimum absolute atomic E-state index is 0.179. The van der Waals surface area contributed by atoms with E-state index in [-0.39, 0.29) is 5.97 Å². The van der Waals surface area contributed by atoms with Crippen LogP contribution in [-0.4, -0.2) is 24.8 Å². The predicted octanol–water partition coefficient (Wildman–Crippen LogP) is 5.07. The summed E-state index contributed by atoms with van der Waals surface area (Å²) in [5.41, 5.74) is 2.64. The molecular weight excluding hydrogens is 390 g/mol. The molecule has 0 amide bonds. The summed E-state index contributed by atoms with van der Waals surface area (Å²) >= 11 is 0. The molecule has 1 unspecified atom stereocenters. The lowest BCUT2D eigenvalue weighted by Crippen LogP contribution is -2.46. The summed E-state index contributed by atoms with van der Waals surface area (Å²) in [5.74, 6) is -0.179. The maximum atomic E-state index is 11.9. The van der Waals surface area contributed by atoms with E-state index in [4.69, 9.17) is 9.47 Å². The van der Waals surface area contributed by atoms with Crippen molar-refractivity contribution in [3.8, 4) is 6.07 Å². The van der Waals surface area contributed by atoms with E-state index >= 15 is 0 Å². The summed E-state index contributed by atoms with van der Waals surface area (Å²) in [6.45, 7) is 6.95. The third-order valence-electron chi connectivity index (χ3n) is 5.20. The highest BCUT2D eigenvalue weighted by molar-refractivity contribution is 5.77. The number of nitrogens with one attached hydrogen (secondary N) is 2. The molecule has 2 N–H and O–H groups in total. The van der Waals surface area contributed by atoms with Gasteiger partial charge >= 0.3 is 5.97 Å². The molecule has 2 aromatic rings. The van der Waals surface area contributed by atoms with E-state index in [0.717, 1.165) is 36.2 Å². The van der Waals surface area contributed by atoms with Crippen molar-refractivity contribution in [1.82, 2.24) is 0 Å². The van der Waals surface area contributed by atoms with Crippen molar-refractivity contribution in [1.29, 1.82) is 5.26 Å². The number of carbonyl (C=O) groups excluding carboxylic acids is 1. The molecule has 0 spiro atoms. The molecule has 3 rings (SSSR count). The first-order valence-electron chi connectivity index (χ1n) is 10.7. The minimum Gasteiger partial charge on any atom is -0.465 e. The third-order valence-corrected chi connectivity index (χ3v) is 5.20. The van der Waals surface area contributed by atoms with Crippen LogP contribution < -0.4 is 10.6 Å². The lowest BCUT2D eigenvalue weighted by Gasteiger charge is -2.31. The molecule has 1 atom stereocenters. The number of anilines is 2. The van der Waals surface area contributed by atoms with Gasteiger partial charge in [0.1, 0.15) is 5.66 Å². The van der Waals surface area contributed by atoms with Crippen LogP contribution >= 0.6 is 0 Å². The van der Waals surface area contributed by atoms with Gasteiger partial charge < -0.3 is 20.1 Å². The summed E-state index contributed by atoms with van der Waals surface area (Å²) in [7, 11) is 0. The van der Waals surface area contributed by atoms with Crippen LogP contribution in [0.15, 0.2) is 48.5 Å². The number of carbonyl (C=O) groups is 1. The van der Waals surface area contributed by atoms with Crippen molar-refractivity contribution < 1.29 is 14.3 Å². The van der Waals surface area contributed by atoms with E-state index in [1.807, 2.05) is 63.2 Å². The van der Waals surface area contributed by atoms with Crippen molar-refractivity contribution in [3.63, 3.8) is 0 Å². The van der Waals surface area contributed by atoms with Gasteiger partial charge in [-0.2, -0.15) is 5.26 Å². The number of ether oxygens (including phenoxy) is 2. The minimum atomic E-state index is -0.485. The second-order valence-corrected chi connectivity index (χ2v) is 9.03. The summed E-state index contributed by atoms with van der Waals surface area (Å²) in [6, 6.07) is 17.8. The van der Waals surface area contributed by atoms with E-state index < -0.39 is 11.1 Å². The molecule has 1 aliphatic rings. The van der Waals surface area contributed by atoms with E-state index in [0.29, 0.717) is 25.4 Å². The predicted molar refractivity (Wildman–Crippen MR) is 121 cm³/mol. The van der Waals surface area contributed by atoms with Gasteiger partial charge in [-0.05, 0) is 63.8 Å². The summed E-state index contributed by atoms with van der Waals surface area (Å²) in [5, 5.41) is 16.3. The van der Waals surface area contributed by atoms with Gasteiger partial charge in [-0.1, -0.05) is 30.3 Å². The van der Waals surface area contributed by atoms with Gasteiger partial charge in [-0.15, -0.1) is 0 Å². The fourth-order valence-electron chi connectivity index (χ4n) is 3.47. The second kappa shape index (κ2) is 9.84. The highest BCUT2D eigenvalue weighted by atomic mass is 16.5. The average Bonchev–Trinajstić information content (AvgIpc) is 3.11. The molecule has 0 aromatic heterocycles. The molecule has 6 heteroatoms. The quantitative estimate of drug-likeness (QED) is 0.434. The van der Waals surface area contributed by atoms with Crippen molar-refractivity contribution in [3.05, 3.63) is 59.7 Å². The Morgan fingerprint density at radius 2 is 1.81 bits per heavy atom. The fraction of sp³-hybridized carbons (Fsp3) is 0.440. The largest absolute Gasteiger partial charge is 0.465 e. The van der Waals surface area contributed by atoms with Crippen molar-refractivity contribution in [2.75, 3.05) is 23.8 Å². The number of unbranched alkanes of at least 4 members (excludes halogenated alkanes) is 1. The monoisotopic (exact) mass is 421 g/mol. The summed E-state index contributed by atoms with van der Waals surface area (Å²) in [4.78, 5) is 11.9. The van der Waals surface area contributed by atoms with E-state index in [2.05, 4.69) is 16.7 Å². The van der Waals surface area contributed by atoms with E-state index in [9.17, 15) is 10.1 Å². The van der Waals surface area contributed by atoms with Crippen molar-refractivity contribution >= 4 is 17.3 Å². The number of nitrogens with zero attached hydrogens (tertiary/aromatic N) is 1. The van der Waals surface area contributed by atoms with Gasteiger partial charge in [0.25, 0.3) is 0 Å². The molecule has 0 radical (unpaired) electrons. The van der Waals surface area contributed by atoms with Gasteiger partial charge in [-0.3, -0.25) is 4.79 Å². The number of rotatable bonds is 9. The van der Waals surface area contributed by atoms with Gasteiger partial charge in [0.15, 0.2) is 0 Å². The van der Waals surface area contributed by atoms with Crippen LogP contribution in [0.2, 0.25) is 0 Å². The van der Waals surface area contributed by atoms with Crippen LogP contribution in [0.4, 0.5) is 11.4 Å². The smallest absolute Gasteiger partial charge is 0.311 e. The van der Waals surface area contributed by atoms with Crippen LogP contribution in [0.1, 0.15) is 51.2 Å². The standard InChI is InChI=1S/C25H31N3O3/c1-24(2,3)23(29)31-14-8-7-13-25(18-30-17-19-9-5-4-6-10-19)27-21-12-11-20(16-26)15-22(21)28-25/h4-6,9-12,15,27-28H,7-8,13-14,17-18H2,1-3H3. The molecule has 0 saturated heterocycles. The Labute approximate surface area is 184 Å². The lowest BCUT2D eigenvalue weighted by molar-refractivity contribution is -0.153. The van der Waals surface area contributed by atoms with Crippen LogP contribution in [0.5, 0.6) is 0 Å². The molecule has 1 heterocycles. The normalized spacial score (nSPS) is 17.2. The number of fused-ring (bicyclic) bond motifs is 1. The van der Waals surface area contributed by atoms with Crippen molar-refractivity contribution in [2.24, 2.45) is 5.41 Å². The first-order valence-corrected chi connectivity index (χ1v) is 10.7. The number of nitriles is 1. The first-order chi connectivity index (χ1) is 14.8. The number of hydrogen-bond donors (Lipinski definition) is 2. The van der Waals surface area contributed by atoms with Gasteiger partial charge in [0.2, 0.25) is 0 Å². The molecule has 164 valence electrons. The molecular formula is C25H31N3O3. The molecule has 0 saturated carbocycles. The Bertz CT molecular complexity index is 931. The lowest BCUT2D eigenvalue weighted by atomic mass is 9.97. The molecule has 31 heavy (non-hydrogen) atoms. The highest BCUT2D eigenvalue weighted by Crippen LogP contribution is 2.37. The number of benzene rings is 2. The van der Waals surface area contributed by atoms with E-state index in [1.54, 1.807) is 6.07 Å². The maximum Gasteiger partial charge on any atom is 0.311 e. The summed E-state index contributed by atoms with van der Waals surface area (Å²) < 4.78 is 11.4. The van der Waals surface area contributed by atoms with Crippen LogP contribution in [-0.2, 0) is 20.9 Å². The van der Waals surface area contributed by atoms with Gasteiger partial charge in [0.05, 0.1) is 48.2 Å². The van der Waals surface area contributed by atoms with Gasteiger partial charge in [-0.25, -0.2) is 0 Å². The van der Waals surface area contributed by atoms with Crippen LogP contribution in [0, 0.1) is 16.7 Å². The molecule has 0 bridgehead atoms. The first kappa shape index (κ1) is 22.6. The number of hydrogen-bond acceptors (Lipinski definition) is 6. The third kappa shape index (κ3) is 6.22. The Hall–Kier alpha value is -3.04. The Morgan fingerprint density at radius 1 is 1.06 bits per heavy atom. The van der Waals surface area contributed by atoms with Crippen molar-refractivity contribution in [2.45, 2.75) is 52.3 Å². The van der Waals surface area contributed by atoms with Crippen LogP contribution in [0.25, 0.3) is 0 Å². The second-order valence-electron chi connectivity index (χ2n) is 9.03. The number of esters is 1. The SMILES string of the molecule is CC(C)(C)C(=O)OCCCCC1(COCc2ccccc2)Nc2ccc(C#N)cc2N1. The fourth-order valence-corrected chi connectivity index (χ4v) is 3.47. The average molecular weight is 422 g/mol. The zero-order chi connectivity index (χ0) is 22.3. The molecule has 1 aliphatic heterocycles. The molecule has 6 nitrogen and oxygen atoms in total. The maximum absolute atomic E-state index is 11.9. The Morgan fingerprint density at radius 3 is 2.52 bits per heavy atom.